The van der Waals surface area contributed by atoms with Gasteiger partial charge in [-0.3, -0.25) is 9.59 Å². The molecular formula is C28H43NO5. The predicted octanol–water partition coefficient (Wildman–Crippen LogP) is 5.18. The molecule has 0 aromatic carbocycles. The molecule has 6 nitrogen and oxygen atoms in total. The molecule has 1 aliphatic carbocycles. The third kappa shape index (κ3) is 8.70. The van der Waals surface area contributed by atoms with Crippen LogP contribution in [-0.2, 0) is 23.8 Å². The molecule has 0 aromatic heterocycles. The second kappa shape index (κ2) is 11.7. The van der Waals surface area contributed by atoms with Gasteiger partial charge in [-0.2, -0.15) is 0 Å². The molecule has 2 saturated heterocycles. The number of epoxide rings is 1. The SMILES string of the molecule is CCC(=O)O[C@@H](C)/C=C\C(=O)NC1CCC(C/C=C(C)/C=C/[C@@H]2C[C@]3(CO3)CC(C)(C)O2)CC1. The van der Waals surface area contributed by atoms with Gasteiger partial charge in [-0.25, -0.2) is 0 Å². The van der Waals surface area contributed by atoms with E-state index in [2.05, 4.69) is 44.3 Å². The van der Waals surface area contributed by atoms with Gasteiger partial charge < -0.3 is 19.5 Å². The number of allylic oxidation sites excluding steroid dienone is 3. The van der Waals surface area contributed by atoms with E-state index in [0.717, 1.165) is 51.6 Å². The number of hydrogen-bond donors (Lipinski definition) is 1. The van der Waals surface area contributed by atoms with Crippen LogP contribution in [-0.4, -0.2) is 47.9 Å². The van der Waals surface area contributed by atoms with E-state index in [1.165, 1.54) is 11.6 Å². The fourth-order valence-electron chi connectivity index (χ4n) is 5.16. The Balaban J connectivity index is 1.35. The van der Waals surface area contributed by atoms with Gasteiger partial charge in [0.2, 0.25) is 5.91 Å². The van der Waals surface area contributed by atoms with E-state index in [4.69, 9.17) is 14.2 Å². The summed E-state index contributed by atoms with van der Waals surface area (Å²) in [6.07, 6.45) is 17.1. The van der Waals surface area contributed by atoms with E-state index in [1.807, 2.05) is 0 Å². The standard InChI is InChI=1S/C28H43NO5/c1-6-26(31)33-21(3)9-16-25(30)29-23-13-11-22(12-14-23)10-7-20(2)8-15-24-17-28(19-32-28)18-27(4,5)34-24/h7-9,15-16,21-24H,6,10-14,17-19H2,1-5H3,(H,29,30)/b15-8+,16-9-,20-7+/t21-,22?,23?,24+,28+/m0/s1. The lowest BCUT2D eigenvalue weighted by Crippen LogP contribution is -2.43. The van der Waals surface area contributed by atoms with Gasteiger partial charge in [0.05, 0.1) is 23.9 Å². The minimum absolute atomic E-state index is 0.0539. The largest absolute Gasteiger partial charge is 0.458 e. The smallest absolute Gasteiger partial charge is 0.306 e. The van der Waals surface area contributed by atoms with Crippen LogP contribution in [0.5, 0.6) is 0 Å². The number of carbonyl (C=O) groups excluding carboxylic acids is 2. The molecule has 0 radical (unpaired) electrons. The summed E-state index contributed by atoms with van der Waals surface area (Å²) in [5.74, 6) is 0.284. The second-order valence-corrected chi connectivity index (χ2v) is 10.9. The van der Waals surface area contributed by atoms with Crippen LogP contribution in [0.25, 0.3) is 0 Å². The van der Waals surface area contributed by atoms with E-state index >= 15 is 0 Å². The van der Waals surface area contributed by atoms with Gasteiger partial charge in [0.1, 0.15) is 6.10 Å². The Morgan fingerprint density at radius 3 is 2.53 bits per heavy atom. The molecule has 0 bridgehead atoms. The van der Waals surface area contributed by atoms with Crippen LogP contribution in [0.2, 0.25) is 0 Å². The Labute approximate surface area is 205 Å². The van der Waals surface area contributed by atoms with Crippen molar-refractivity contribution in [3.8, 4) is 0 Å². The molecule has 3 rings (SSSR count). The Hall–Kier alpha value is -1.92. The fraction of sp³-hybridized carbons (Fsp3) is 0.714. The Morgan fingerprint density at radius 2 is 1.88 bits per heavy atom. The molecule has 6 heteroatoms. The molecule has 1 spiro atoms. The number of rotatable bonds is 9. The van der Waals surface area contributed by atoms with E-state index < -0.39 is 6.10 Å². The summed E-state index contributed by atoms with van der Waals surface area (Å²) in [6, 6.07) is 0.218. The van der Waals surface area contributed by atoms with Crippen LogP contribution in [0.15, 0.2) is 36.0 Å². The average Bonchev–Trinajstić information content (AvgIpc) is 3.51. The minimum Gasteiger partial charge on any atom is -0.458 e. The number of nitrogens with one attached hydrogen (secondary N) is 1. The molecule has 1 amide bonds. The van der Waals surface area contributed by atoms with Crippen molar-refractivity contribution in [1.82, 2.24) is 5.32 Å². The first-order chi connectivity index (χ1) is 16.1. The lowest BCUT2D eigenvalue weighted by Gasteiger charge is -2.38. The maximum atomic E-state index is 12.2. The first-order valence-electron chi connectivity index (χ1n) is 12.9. The summed E-state index contributed by atoms with van der Waals surface area (Å²) in [5.41, 5.74) is 1.19. The molecule has 3 atom stereocenters. The summed E-state index contributed by atoms with van der Waals surface area (Å²) in [4.78, 5) is 23.5. The zero-order valence-electron chi connectivity index (χ0n) is 21.6. The molecule has 0 aromatic rings. The highest BCUT2D eigenvalue weighted by molar-refractivity contribution is 5.87. The van der Waals surface area contributed by atoms with E-state index in [9.17, 15) is 9.59 Å². The van der Waals surface area contributed by atoms with Gasteiger partial charge in [-0.05, 0) is 71.8 Å². The van der Waals surface area contributed by atoms with Crippen molar-refractivity contribution in [2.75, 3.05) is 6.61 Å². The van der Waals surface area contributed by atoms with Crippen LogP contribution in [0.1, 0.15) is 86.0 Å². The van der Waals surface area contributed by atoms with Gasteiger partial charge in [-0.1, -0.05) is 30.7 Å². The molecule has 0 unspecified atom stereocenters. The second-order valence-electron chi connectivity index (χ2n) is 10.9. The lowest BCUT2D eigenvalue weighted by atomic mass is 9.83. The Bertz CT molecular complexity index is 794. The molecule has 3 aliphatic rings. The number of carbonyl (C=O) groups is 2. The number of amides is 1. The summed E-state index contributed by atoms with van der Waals surface area (Å²) < 4.78 is 17.1. The predicted molar refractivity (Wildman–Crippen MR) is 133 cm³/mol. The molecule has 2 aliphatic heterocycles. The zero-order valence-corrected chi connectivity index (χ0v) is 21.6. The summed E-state index contributed by atoms with van der Waals surface area (Å²) in [7, 11) is 0. The van der Waals surface area contributed by atoms with Crippen molar-refractivity contribution in [1.29, 1.82) is 0 Å². The summed E-state index contributed by atoms with van der Waals surface area (Å²) in [5, 5.41) is 3.08. The number of esters is 1. The van der Waals surface area contributed by atoms with Gasteiger partial charge >= 0.3 is 5.97 Å². The maximum absolute atomic E-state index is 12.2. The van der Waals surface area contributed by atoms with Crippen molar-refractivity contribution in [2.24, 2.45) is 5.92 Å². The molecule has 34 heavy (non-hydrogen) atoms. The van der Waals surface area contributed by atoms with Crippen molar-refractivity contribution in [2.45, 2.75) is 115 Å². The number of hydrogen-bond acceptors (Lipinski definition) is 5. The normalized spacial score (nSPS) is 32.1. The quantitative estimate of drug-likeness (QED) is 0.216. The van der Waals surface area contributed by atoms with Gasteiger partial charge in [-0.15, -0.1) is 0 Å². The molecule has 1 saturated carbocycles. The Morgan fingerprint density at radius 1 is 1.18 bits per heavy atom. The maximum Gasteiger partial charge on any atom is 0.306 e. The topological polar surface area (TPSA) is 77.2 Å². The van der Waals surface area contributed by atoms with Crippen LogP contribution in [0, 0.1) is 5.92 Å². The molecular weight excluding hydrogens is 430 g/mol. The monoisotopic (exact) mass is 473 g/mol. The lowest BCUT2D eigenvalue weighted by molar-refractivity contribution is -0.145. The fourth-order valence-corrected chi connectivity index (χ4v) is 5.16. The van der Waals surface area contributed by atoms with E-state index in [-0.39, 0.29) is 35.2 Å². The third-order valence-corrected chi connectivity index (χ3v) is 7.01. The minimum atomic E-state index is -0.391. The number of ether oxygens (including phenoxy) is 3. The van der Waals surface area contributed by atoms with Crippen LogP contribution >= 0.6 is 0 Å². The van der Waals surface area contributed by atoms with Crippen molar-refractivity contribution < 1.29 is 23.8 Å². The molecule has 2 heterocycles. The van der Waals surface area contributed by atoms with E-state index in [0.29, 0.717) is 12.3 Å². The molecule has 1 N–H and O–H groups in total. The van der Waals surface area contributed by atoms with Crippen LogP contribution in [0.4, 0.5) is 0 Å². The highest BCUT2D eigenvalue weighted by Gasteiger charge is 2.53. The van der Waals surface area contributed by atoms with Crippen LogP contribution < -0.4 is 5.32 Å². The third-order valence-electron chi connectivity index (χ3n) is 7.01. The zero-order chi connectivity index (χ0) is 24.8. The van der Waals surface area contributed by atoms with Crippen molar-refractivity contribution in [3.05, 3.63) is 36.0 Å². The average molecular weight is 474 g/mol. The summed E-state index contributed by atoms with van der Waals surface area (Å²) in [6.45, 7) is 10.8. The first-order valence-corrected chi connectivity index (χ1v) is 12.9. The van der Waals surface area contributed by atoms with Gasteiger partial charge in [0, 0.05) is 31.4 Å². The highest BCUT2D eigenvalue weighted by atomic mass is 16.6. The van der Waals surface area contributed by atoms with E-state index in [1.54, 1.807) is 19.9 Å². The van der Waals surface area contributed by atoms with Crippen LogP contribution in [0.3, 0.4) is 0 Å². The highest BCUT2D eigenvalue weighted by Crippen LogP contribution is 2.46. The van der Waals surface area contributed by atoms with Gasteiger partial charge in [0.25, 0.3) is 0 Å². The van der Waals surface area contributed by atoms with Crippen molar-refractivity contribution in [3.63, 3.8) is 0 Å². The Kier molecular flexibility index (Phi) is 9.16. The van der Waals surface area contributed by atoms with Gasteiger partial charge in [0.15, 0.2) is 0 Å². The molecule has 190 valence electrons. The molecule has 3 fully saturated rings. The first kappa shape index (κ1) is 26.7. The summed E-state index contributed by atoms with van der Waals surface area (Å²) >= 11 is 0. The van der Waals surface area contributed by atoms with Crippen molar-refractivity contribution >= 4 is 11.9 Å².